The average molecular weight is 553 g/mol. The average Bonchev–Trinajstić information content (AvgIpc) is 2.76. The Labute approximate surface area is 206 Å². The summed E-state index contributed by atoms with van der Waals surface area (Å²) in [5.41, 5.74) is 0. The van der Waals surface area contributed by atoms with Gasteiger partial charge in [0.25, 0.3) is 0 Å². The minimum atomic E-state index is 0. The van der Waals surface area contributed by atoms with E-state index in [0.29, 0.717) is 18.1 Å². The molecule has 1 N–H and O–H groups in total. The van der Waals surface area contributed by atoms with E-state index in [0.717, 1.165) is 90.9 Å². The number of likely N-dealkylation sites (tertiary alicyclic amines) is 1. The number of morpholine rings is 1. The van der Waals surface area contributed by atoms with Gasteiger partial charge in [0.1, 0.15) is 0 Å². The van der Waals surface area contributed by atoms with Crippen LogP contribution in [0.25, 0.3) is 0 Å². The Bertz CT molecular complexity index is 509. The Morgan fingerprint density at radius 1 is 1.06 bits per heavy atom. The normalized spacial score (nSPS) is 26.7. The molecule has 182 valence electrons. The molecule has 0 radical (unpaired) electrons. The zero-order valence-corrected chi connectivity index (χ0v) is 22.2. The number of nitrogens with one attached hydrogen (secondary N) is 1. The topological polar surface area (TPSA) is 58.6 Å². The molecule has 3 rings (SSSR count). The monoisotopic (exact) mass is 552 g/mol. The number of halogens is 1. The van der Waals surface area contributed by atoms with Crippen LogP contribution < -0.4 is 5.32 Å². The van der Waals surface area contributed by atoms with Gasteiger partial charge in [-0.25, -0.2) is 0 Å². The molecule has 3 fully saturated rings. The van der Waals surface area contributed by atoms with E-state index in [4.69, 9.17) is 19.2 Å². The van der Waals surface area contributed by atoms with Gasteiger partial charge >= 0.3 is 0 Å². The molecular weight excluding hydrogens is 507 g/mol. The first-order valence-corrected chi connectivity index (χ1v) is 12.2. The maximum absolute atomic E-state index is 6.17. The number of nitrogens with zero attached hydrogens (tertiary/aromatic N) is 3. The summed E-state index contributed by atoms with van der Waals surface area (Å²) in [7, 11) is 0. The molecule has 7 nitrogen and oxygen atoms in total. The summed E-state index contributed by atoms with van der Waals surface area (Å²) in [6.45, 7) is 15.9. The van der Waals surface area contributed by atoms with Crippen molar-refractivity contribution < 1.29 is 14.2 Å². The van der Waals surface area contributed by atoms with Gasteiger partial charge in [-0.1, -0.05) is 13.8 Å². The van der Waals surface area contributed by atoms with Gasteiger partial charge in [-0.3, -0.25) is 9.89 Å². The summed E-state index contributed by atoms with van der Waals surface area (Å²) in [6, 6.07) is 0. The van der Waals surface area contributed by atoms with Gasteiger partial charge in [0.2, 0.25) is 0 Å². The molecule has 0 aromatic rings. The maximum atomic E-state index is 6.17. The molecule has 0 amide bonds. The van der Waals surface area contributed by atoms with E-state index in [2.05, 4.69) is 35.9 Å². The molecule has 0 aromatic carbocycles. The molecule has 0 saturated carbocycles. The Morgan fingerprint density at radius 2 is 1.84 bits per heavy atom. The number of hydrogen-bond donors (Lipinski definition) is 1. The number of guanidine groups is 1. The molecule has 0 spiro atoms. The van der Waals surface area contributed by atoms with Crippen molar-refractivity contribution in [3.05, 3.63) is 0 Å². The fourth-order valence-corrected chi connectivity index (χ4v) is 4.60. The Balaban J connectivity index is 0.00000341. The second-order valence-corrected chi connectivity index (χ2v) is 9.35. The lowest BCUT2D eigenvalue weighted by Gasteiger charge is -2.36. The summed E-state index contributed by atoms with van der Waals surface area (Å²) < 4.78 is 18.0. The SMILES string of the molecule is CCNC(=NCC1CN(CC(C)C)CCO1)N1CCC(OCC2CCCCO2)CC1.I. The first-order chi connectivity index (χ1) is 14.6. The van der Waals surface area contributed by atoms with Crippen LogP contribution in [-0.4, -0.2) is 99.7 Å². The quantitative estimate of drug-likeness (QED) is 0.284. The van der Waals surface area contributed by atoms with Gasteiger partial charge in [0.15, 0.2) is 5.96 Å². The first-order valence-electron chi connectivity index (χ1n) is 12.2. The predicted octanol–water partition coefficient (Wildman–Crippen LogP) is 2.98. The number of rotatable bonds is 8. The smallest absolute Gasteiger partial charge is 0.194 e. The van der Waals surface area contributed by atoms with Crippen molar-refractivity contribution in [2.45, 2.75) is 71.2 Å². The van der Waals surface area contributed by atoms with E-state index in [1.165, 1.54) is 12.8 Å². The molecule has 2 unspecified atom stereocenters. The number of aliphatic imine (C=N–C) groups is 1. The van der Waals surface area contributed by atoms with Crippen LogP contribution >= 0.6 is 24.0 Å². The van der Waals surface area contributed by atoms with Gasteiger partial charge in [0, 0.05) is 45.9 Å². The fourth-order valence-electron chi connectivity index (χ4n) is 4.60. The molecule has 0 aliphatic carbocycles. The van der Waals surface area contributed by atoms with Gasteiger partial charge in [-0.15, -0.1) is 24.0 Å². The third-order valence-electron chi connectivity index (χ3n) is 6.16. The molecule has 3 aliphatic rings. The molecular formula is C23H45IN4O3. The van der Waals surface area contributed by atoms with Crippen LogP contribution in [0.1, 0.15) is 52.9 Å². The van der Waals surface area contributed by atoms with Crippen molar-refractivity contribution >= 4 is 29.9 Å². The van der Waals surface area contributed by atoms with Crippen LogP contribution in [0.4, 0.5) is 0 Å². The summed E-state index contributed by atoms with van der Waals surface area (Å²) in [4.78, 5) is 9.84. The molecule has 3 saturated heterocycles. The van der Waals surface area contributed by atoms with E-state index in [1.54, 1.807) is 0 Å². The largest absolute Gasteiger partial charge is 0.376 e. The highest BCUT2D eigenvalue weighted by molar-refractivity contribution is 14.0. The minimum Gasteiger partial charge on any atom is -0.376 e. The van der Waals surface area contributed by atoms with Crippen LogP contribution in [0, 0.1) is 5.92 Å². The van der Waals surface area contributed by atoms with E-state index < -0.39 is 0 Å². The van der Waals surface area contributed by atoms with Gasteiger partial charge in [-0.2, -0.15) is 0 Å². The zero-order valence-electron chi connectivity index (χ0n) is 19.9. The molecule has 3 heterocycles. The van der Waals surface area contributed by atoms with Crippen molar-refractivity contribution in [2.75, 3.05) is 65.6 Å². The summed E-state index contributed by atoms with van der Waals surface area (Å²) >= 11 is 0. The van der Waals surface area contributed by atoms with Crippen LogP contribution in [-0.2, 0) is 14.2 Å². The molecule has 31 heavy (non-hydrogen) atoms. The Kier molecular flexibility index (Phi) is 13.0. The lowest BCUT2D eigenvalue weighted by Crippen LogP contribution is -2.48. The highest BCUT2D eigenvalue weighted by Crippen LogP contribution is 2.18. The lowest BCUT2D eigenvalue weighted by molar-refractivity contribution is -0.0721. The van der Waals surface area contributed by atoms with Crippen LogP contribution in [0.3, 0.4) is 0 Å². The summed E-state index contributed by atoms with van der Waals surface area (Å²) in [6.07, 6.45) is 6.58. The Morgan fingerprint density at radius 3 is 2.52 bits per heavy atom. The van der Waals surface area contributed by atoms with Crippen LogP contribution in [0.2, 0.25) is 0 Å². The second kappa shape index (κ2) is 14.9. The van der Waals surface area contributed by atoms with Crippen molar-refractivity contribution in [2.24, 2.45) is 10.9 Å². The molecule has 2 atom stereocenters. The van der Waals surface area contributed by atoms with E-state index in [1.807, 2.05) is 0 Å². The highest BCUT2D eigenvalue weighted by Gasteiger charge is 2.25. The number of ether oxygens (including phenoxy) is 3. The summed E-state index contributed by atoms with van der Waals surface area (Å²) in [5.74, 6) is 1.72. The third kappa shape index (κ3) is 9.70. The standard InChI is InChI=1S/C23H44N4O3.HI/c1-4-24-23(25-15-22-17-26(12-14-29-22)16-19(2)3)27-10-8-20(9-11-27)30-18-21-7-5-6-13-28-21;/h19-22H,4-18H2,1-3H3,(H,24,25);1H. The molecule has 0 bridgehead atoms. The van der Waals surface area contributed by atoms with Crippen LogP contribution in [0.15, 0.2) is 4.99 Å². The van der Waals surface area contributed by atoms with Crippen molar-refractivity contribution in [3.63, 3.8) is 0 Å². The van der Waals surface area contributed by atoms with E-state index in [-0.39, 0.29) is 30.1 Å². The maximum Gasteiger partial charge on any atom is 0.194 e. The molecule has 0 aromatic heterocycles. The predicted molar refractivity (Wildman–Crippen MR) is 137 cm³/mol. The molecule has 8 heteroatoms. The highest BCUT2D eigenvalue weighted by atomic mass is 127. The lowest BCUT2D eigenvalue weighted by atomic mass is 10.1. The van der Waals surface area contributed by atoms with Gasteiger partial charge in [-0.05, 0) is 44.9 Å². The molecule has 3 aliphatic heterocycles. The Hall–Kier alpha value is -0.160. The van der Waals surface area contributed by atoms with Crippen molar-refractivity contribution in [1.29, 1.82) is 0 Å². The van der Waals surface area contributed by atoms with Crippen molar-refractivity contribution in [3.8, 4) is 0 Å². The first kappa shape index (κ1) is 27.1. The van der Waals surface area contributed by atoms with Gasteiger partial charge < -0.3 is 24.4 Å². The van der Waals surface area contributed by atoms with Gasteiger partial charge in [0.05, 0.1) is 38.1 Å². The minimum absolute atomic E-state index is 0. The van der Waals surface area contributed by atoms with Crippen molar-refractivity contribution in [1.82, 2.24) is 15.1 Å². The van der Waals surface area contributed by atoms with Crippen LogP contribution in [0.5, 0.6) is 0 Å². The summed E-state index contributed by atoms with van der Waals surface area (Å²) in [5, 5.41) is 3.48. The number of piperidine rings is 1. The van der Waals surface area contributed by atoms with E-state index >= 15 is 0 Å². The van der Waals surface area contributed by atoms with E-state index in [9.17, 15) is 0 Å². The fraction of sp³-hybridized carbons (Fsp3) is 0.957. The second-order valence-electron chi connectivity index (χ2n) is 9.35. The zero-order chi connectivity index (χ0) is 21.2. The third-order valence-corrected chi connectivity index (χ3v) is 6.16. The number of hydrogen-bond acceptors (Lipinski definition) is 5.